The van der Waals surface area contributed by atoms with Crippen molar-refractivity contribution in [1.82, 2.24) is 4.90 Å². The Balaban J connectivity index is 1.98. The van der Waals surface area contributed by atoms with Gasteiger partial charge in [0.2, 0.25) is 5.75 Å². The van der Waals surface area contributed by atoms with E-state index in [9.17, 15) is 23.3 Å². The summed E-state index contributed by atoms with van der Waals surface area (Å²) < 4.78 is 40.3. The molecule has 0 N–H and O–H groups in total. The summed E-state index contributed by atoms with van der Waals surface area (Å²) in [5, 5.41) is 10.9. The molecule has 0 unspecified atom stereocenters. The Labute approximate surface area is 185 Å². The number of rotatable bonds is 8. The number of benzene rings is 2. The van der Waals surface area contributed by atoms with E-state index in [1.54, 1.807) is 12.1 Å². The number of hydrogen-bond acceptors (Lipinski definition) is 8. The van der Waals surface area contributed by atoms with Crippen LogP contribution in [0.5, 0.6) is 17.2 Å². The van der Waals surface area contributed by atoms with E-state index in [0.717, 1.165) is 0 Å². The van der Waals surface area contributed by atoms with E-state index in [1.165, 1.54) is 50.5 Å². The Kier molecular flexibility index (Phi) is 6.87. The number of carbonyl (C=O) groups is 1. The quantitative estimate of drug-likeness (QED) is 0.431. The molecule has 0 saturated carbocycles. The van der Waals surface area contributed by atoms with E-state index in [0.29, 0.717) is 29.2 Å². The van der Waals surface area contributed by atoms with Crippen LogP contribution in [0.25, 0.3) is 0 Å². The van der Waals surface area contributed by atoms with Crippen LogP contribution in [0.1, 0.15) is 22.3 Å². The monoisotopic (exact) mass is 464 g/mol. The molecule has 0 aromatic heterocycles. The molecular formula is C21H24N2O8S. The summed E-state index contributed by atoms with van der Waals surface area (Å²) in [6, 6.07) is 8.09. The van der Waals surface area contributed by atoms with Crippen molar-refractivity contribution < 1.29 is 32.3 Å². The summed E-state index contributed by atoms with van der Waals surface area (Å²) in [7, 11) is 1.18. The van der Waals surface area contributed by atoms with Crippen molar-refractivity contribution in [3.63, 3.8) is 0 Å². The van der Waals surface area contributed by atoms with E-state index in [4.69, 9.17) is 14.2 Å². The second-order valence-electron chi connectivity index (χ2n) is 7.33. The Morgan fingerprint density at radius 1 is 1.09 bits per heavy atom. The topological polar surface area (TPSA) is 125 Å². The number of nitro benzene ring substituents is 1. The standard InChI is InChI=1S/C21H24N2O8S/c1-29-18-10-14(11-19(30-2)20(18)31-3)12-22(17-8-9-32(27,28)13-17)21(24)15-4-6-16(7-5-15)23(25)26/h4-7,10-11,17H,8-9,12-13H2,1-3H3/t17-/m0/s1. The number of amides is 1. The van der Waals surface area contributed by atoms with Crippen LogP contribution in [0.15, 0.2) is 36.4 Å². The second-order valence-corrected chi connectivity index (χ2v) is 9.56. The third-order valence-corrected chi connectivity index (χ3v) is 7.06. The number of hydrogen-bond donors (Lipinski definition) is 0. The van der Waals surface area contributed by atoms with Gasteiger partial charge in [0.1, 0.15) is 0 Å². The fourth-order valence-electron chi connectivity index (χ4n) is 3.70. The first-order valence-corrected chi connectivity index (χ1v) is 11.6. The molecule has 1 aliphatic heterocycles. The Bertz CT molecular complexity index is 1090. The van der Waals surface area contributed by atoms with Crippen molar-refractivity contribution in [2.24, 2.45) is 0 Å². The molecule has 0 radical (unpaired) electrons. The Morgan fingerprint density at radius 2 is 1.69 bits per heavy atom. The van der Waals surface area contributed by atoms with Crippen LogP contribution in [0, 0.1) is 10.1 Å². The van der Waals surface area contributed by atoms with Gasteiger partial charge in [0.05, 0.1) is 37.8 Å². The van der Waals surface area contributed by atoms with Crippen LogP contribution in [0.2, 0.25) is 0 Å². The van der Waals surface area contributed by atoms with Gasteiger partial charge in [0.25, 0.3) is 11.6 Å². The van der Waals surface area contributed by atoms with Crippen molar-refractivity contribution in [2.45, 2.75) is 19.0 Å². The third-order valence-electron chi connectivity index (χ3n) is 5.31. The van der Waals surface area contributed by atoms with Crippen LogP contribution < -0.4 is 14.2 Å². The van der Waals surface area contributed by atoms with Crippen LogP contribution in [-0.2, 0) is 16.4 Å². The average Bonchev–Trinajstić information content (AvgIpc) is 3.15. The molecule has 11 heteroatoms. The highest BCUT2D eigenvalue weighted by molar-refractivity contribution is 7.91. The van der Waals surface area contributed by atoms with Gasteiger partial charge in [-0.2, -0.15) is 0 Å². The van der Waals surface area contributed by atoms with Crippen molar-refractivity contribution in [2.75, 3.05) is 32.8 Å². The maximum atomic E-state index is 13.3. The number of nitrogens with zero attached hydrogens (tertiary/aromatic N) is 2. The summed E-state index contributed by atoms with van der Waals surface area (Å²) in [6.45, 7) is 0.0900. The lowest BCUT2D eigenvalue weighted by Crippen LogP contribution is -2.40. The minimum Gasteiger partial charge on any atom is -0.493 e. The van der Waals surface area contributed by atoms with E-state index in [2.05, 4.69) is 0 Å². The highest BCUT2D eigenvalue weighted by atomic mass is 32.2. The van der Waals surface area contributed by atoms with Crippen LogP contribution in [-0.4, -0.2) is 63.0 Å². The molecule has 172 valence electrons. The highest BCUT2D eigenvalue weighted by Crippen LogP contribution is 2.39. The zero-order valence-electron chi connectivity index (χ0n) is 17.9. The molecule has 1 saturated heterocycles. The summed E-state index contributed by atoms with van der Waals surface area (Å²) >= 11 is 0. The summed E-state index contributed by atoms with van der Waals surface area (Å²) in [5.74, 6) is 0.645. The van der Waals surface area contributed by atoms with Crippen molar-refractivity contribution in [3.05, 3.63) is 57.6 Å². The van der Waals surface area contributed by atoms with Crippen LogP contribution in [0.3, 0.4) is 0 Å². The van der Waals surface area contributed by atoms with Crippen LogP contribution in [0.4, 0.5) is 5.69 Å². The molecule has 0 aliphatic carbocycles. The number of carbonyl (C=O) groups excluding carboxylic acids is 1. The number of ether oxygens (including phenoxy) is 3. The first kappa shape index (κ1) is 23.3. The van der Waals surface area contributed by atoms with Gasteiger partial charge in [-0.25, -0.2) is 8.42 Å². The minimum absolute atomic E-state index is 0.00301. The molecule has 1 heterocycles. The van der Waals surface area contributed by atoms with Gasteiger partial charge in [-0.1, -0.05) is 0 Å². The van der Waals surface area contributed by atoms with Gasteiger partial charge >= 0.3 is 0 Å². The summed E-state index contributed by atoms with van der Waals surface area (Å²) in [4.78, 5) is 25.2. The van der Waals surface area contributed by atoms with Gasteiger partial charge in [-0.15, -0.1) is 0 Å². The van der Waals surface area contributed by atoms with Gasteiger partial charge in [0, 0.05) is 30.3 Å². The van der Waals surface area contributed by atoms with Gasteiger partial charge in [-0.05, 0) is 36.2 Å². The van der Waals surface area contributed by atoms with Crippen molar-refractivity contribution >= 4 is 21.4 Å². The van der Waals surface area contributed by atoms with Gasteiger partial charge in [0.15, 0.2) is 21.3 Å². The molecule has 1 fully saturated rings. The molecule has 32 heavy (non-hydrogen) atoms. The van der Waals surface area contributed by atoms with Gasteiger partial charge < -0.3 is 19.1 Å². The molecule has 10 nitrogen and oxygen atoms in total. The molecule has 0 bridgehead atoms. The smallest absolute Gasteiger partial charge is 0.269 e. The molecule has 1 atom stereocenters. The lowest BCUT2D eigenvalue weighted by atomic mass is 10.1. The second kappa shape index (κ2) is 9.43. The molecule has 1 amide bonds. The van der Waals surface area contributed by atoms with Crippen LogP contribution >= 0.6 is 0 Å². The number of non-ortho nitro benzene ring substituents is 1. The zero-order valence-corrected chi connectivity index (χ0v) is 18.8. The molecular weight excluding hydrogens is 440 g/mol. The zero-order chi connectivity index (χ0) is 23.5. The number of sulfone groups is 1. The highest BCUT2D eigenvalue weighted by Gasteiger charge is 2.35. The molecule has 2 aromatic rings. The first-order valence-electron chi connectivity index (χ1n) is 9.73. The minimum atomic E-state index is -3.26. The summed E-state index contributed by atoms with van der Waals surface area (Å²) in [6.07, 6.45) is 0.311. The Morgan fingerprint density at radius 3 is 2.12 bits per heavy atom. The van der Waals surface area contributed by atoms with E-state index >= 15 is 0 Å². The lowest BCUT2D eigenvalue weighted by molar-refractivity contribution is -0.384. The normalized spacial score (nSPS) is 16.9. The summed E-state index contributed by atoms with van der Waals surface area (Å²) in [5.41, 5.74) is 0.743. The maximum absolute atomic E-state index is 13.3. The maximum Gasteiger partial charge on any atom is 0.269 e. The lowest BCUT2D eigenvalue weighted by Gasteiger charge is -2.29. The van der Waals surface area contributed by atoms with E-state index < -0.39 is 26.7 Å². The van der Waals surface area contributed by atoms with E-state index in [1.807, 2.05) is 0 Å². The number of methoxy groups -OCH3 is 3. The fraction of sp³-hybridized carbons (Fsp3) is 0.381. The molecule has 3 rings (SSSR count). The molecule has 0 spiro atoms. The fourth-order valence-corrected chi connectivity index (χ4v) is 5.43. The Hall–Kier alpha value is -3.34. The van der Waals surface area contributed by atoms with Gasteiger partial charge in [-0.3, -0.25) is 14.9 Å². The predicted molar refractivity (Wildman–Crippen MR) is 116 cm³/mol. The predicted octanol–water partition coefficient (Wildman–Crippen LogP) is 2.45. The first-order chi connectivity index (χ1) is 15.2. The van der Waals surface area contributed by atoms with Crippen molar-refractivity contribution in [3.8, 4) is 17.2 Å². The molecule has 1 aliphatic rings. The average molecular weight is 464 g/mol. The van der Waals surface area contributed by atoms with E-state index in [-0.39, 0.29) is 29.3 Å². The molecule has 2 aromatic carbocycles. The third kappa shape index (κ3) is 4.93. The van der Waals surface area contributed by atoms with Crippen molar-refractivity contribution in [1.29, 1.82) is 0 Å². The number of nitro groups is 1. The SMILES string of the molecule is COc1cc(CN(C(=O)c2ccc([N+](=O)[O-])cc2)[C@H]2CCS(=O)(=O)C2)cc(OC)c1OC. The largest absolute Gasteiger partial charge is 0.493 e.